The average Bonchev–Trinajstić information content (AvgIpc) is 2.35. The predicted molar refractivity (Wildman–Crippen MR) is 80.2 cm³/mol. The summed E-state index contributed by atoms with van der Waals surface area (Å²) in [5.41, 5.74) is 5.79. The predicted octanol–water partition coefficient (Wildman–Crippen LogP) is 0.346. The Morgan fingerprint density at radius 3 is 1.96 bits per heavy atom. The summed E-state index contributed by atoms with van der Waals surface area (Å²) in [5.74, 6) is -1.55. The molecule has 16 heteroatoms. The van der Waals surface area contributed by atoms with E-state index in [-0.39, 0.29) is 12.2 Å². The van der Waals surface area contributed by atoms with Gasteiger partial charge in [0, 0.05) is 0 Å². The highest BCUT2D eigenvalue weighted by atomic mass is 31.3. The third kappa shape index (κ3) is 8.70. The summed E-state index contributed by atoms with van der Waals surface area (Å²) in [6, 6.07) is 3.68. The van der Waals surface area contributed by atoms with E-state index < -0.39 is 35.5 Å². The maximum Gasteiger partial charge on any atom is 0.536 e. The Labute approximate surface area is 140 Å². The van der Waals surface area contributed by atoms with Gasteiger partial charge in [-0.1, -0.05) is 12.1 Å². The molecule has 0 radical (unpaired) electrons. The number of carboxylic acids is 1. The van der Waals surface area contributed by atoms with Gasteiger partial charge in [0.1, 0.15) is 11.8 Å². The summed E-state index contributed by atoms with van der Waals surface area (Å²) in [4.78, 5) is 45.8. The van der Waals surface area contributed by atoms with E-state index in [1.54, 1.807) is 0 Å². The highest BCUT2D eigenvalue weighted by molar-refractivity contribution is 7.66. The largest absolute Gasteiger partial charge is 0.536 e. The van der Waals surface area contributed by atoms with E-state index in [0.717, 1.165) is 12.1 Å². The monoisotopic (exact) mass is 421 g/mol. The number of benzene rings is 1. The SMILES string of the molecule is N[C@@H](Cc1ccc(OP(=O)(O)OP(=O)(O)OP(=O)(O)O)cc1)C(=O)O. The molecule has 0 aliphatic heterocycles. The van der Waals surface area contributed by atoms with Crippen LogP contribution in [0, 0.1) is 0 Å². The van der Waals surface area contributed by atoms with Crippen molar-refractivity contribution in [3.05, 3.63) is 29.8 Å². The van der Waals surface area contributed by atoms with Gasteiger partial charge < -0.3 is 30.0 Å². The Hall–Kier alpha value is -1.10. The first-order chi connectivity index (χ1) is 11.2. The van der Waals surface area contributed by atoms with Crippen molar-refractivity contribution in [2.75, 3.05) is 0 Å². The maximum absolute atomic E-state index is 11.6. The molecule has 0 saturated heterocycles. The van der Waals surface area contributed by atoms with Crippen LogP contribution in [-0.4, -0.2) is 36.7 Å². The zero-order valence-corrected chi connectivity index (χ0v) is 14.8. The number of hydrogen-bond acceptors (Lipinski definition) is 8. The Kier molecular flexibility index (Phi) is 7.08. The van der Waals surface area contributed by atoms with E-state index in [0.29, 0.717) is 5.56 Å². The molecule has 0 aliphatic carbocycles. The zero-order valence-electron chi connectivity index (χ0n) is 12.1. The van der Waals surface area contributed by atoms with Gasteiger partial charge >= 0.3 is 29.4 Å². The van der Waals surface area contributed by atoms with Crippen LogP contribution in [0.4, 0.5) is 0 Å². The molecule has 0 amide bonds. The van der Waals surface area contributed by atoms with Crippen LogP contribution in [0.5, 0.6) is 5.75 Å². The van der Waals surface area contributed by atoms with Crippen molar-refractivity contribution in [3.8, 4) is 5.75 Å². The second-order valence-electron chi connectivity index (χ2n) is 4.48. The molecule has 2 unspecified atom stereocenters. The fraction of sp³-hybridized carbons (Fsp3) is 0.222. The number of phosphoric acid groups is 3. The van der Waals surface area contributed by atoms with Crippen LogP contribution in [0.25, 0.3) is 0 Å². The van der Waals surface area contributed by atoms with Crippen LogP contribution in [0.1, 0.15) is 5.56 Å². The minimum absolute atomic E-state index is 0.0368. The lowest BCUT2D eigenvalue weighted by Gasteiger charge is -2.16. The number of phosphoric ester groups is 1. The van der Waals surface area contributed by atoms with Crippen molar-refractivity contribution in [1.29, 1.82) is 0 Å². The summed E-state index contributed by atoms with van der Waals surface area (Å²) in [6.45, 7) is 0. The topological polar surface area (TPSA) is 223 Å². The smallest absolute Gasteiger partial charge is 0.480 e. The van der Waals surface area contributed by atoms with Crippen molar-refractivity contribution < 1.29 is 56.3 Å². The first-order valence-electron chi connectivity index (χ1n) is 6.10. The number of rotatable bonds is 9. The van der Waals surface area contributed by atoms with Crippen molar-refractivity contribution >= 4 is 29.4 Å². The van der Waals surface area contributed by atoms with Gasteiger partial charge in [0.15, 0.2) is 0 Å². The molecule has 0 bridgehead atoms. The number of aliphatic carboxylic acids is 1. The summed E-state index contributed by atoms with van der Waals surface area (Å²) >= 11 is 0. The molecule has 1 aromatic carbocycles. The molecule has 0 fully saturated rings. The number of carboxylic acid groups (broad SMARTS) is 1. The Balaban J connectivity index is 2.77. The summed E-state index contributed by atoms with van der Waals surface area (Å²) in [5, 5.41) is 8.69. The first kappa shape index (κ1) is 21.9. The van der Waals surface area contributed by atoms with Gasteiger partial charge in [-0.25, -0.2) is 13.7 Å². The van der Waals surface area contributed by atoms with Gasteiger partial charge in [-0.05, 0) is 24.1 Å². The van der Waals surface area contributed by atoms with E-state index in [9.17, 15) is 23.4 Å². The Morgan fingerprint density at radius 2 is 1.52 bits per heavy atom. The van der Waals surface area contributed by atoms with Gasteiger partial charge in [0.05, 0.1) is 0 Å². The average molecular weight is 421 g/mol. The molecular weight excluding hydrogens is 407 g/mol. The normalized spacial score (nSPS) is 18.0. The Bertz CT molecular complexity index is 758. The molecule has 25 heavy (non-hydrogen) atoms. The second-order valence-corrected chi connectivity index (χ2v) is 8.82. The Morgan fingerprint density at radius 1 is 1.00 bits per heavy atom. The minimum Gasteiger partial charge on any atom is -0.480 e. The standard InChI is InChI=1S/C9H14NO12P3/c10-8(9(11)12)5-6-1-3-7(4-2-6)20-24(16,17)22-25(18,19)21-23(13,14)15/h1-4,8H,5,10H2,(H,11,12)(H,16,17)(H,18,19)(H2,13,14,15)/t8-/m0/s1. The summed E-state index contributed by atoms with van der Waals surface area (Å²) in [6.07, 6.45) is -0.0368. The second kappa shape index (κ2) is 8.07. The zero-order chi connectivity index (χ0) is 19.5. The van der Waals surface area contributed by atoms with Crippen LogP contribution >= 0.6 is 23.5 Å². The van der Waals surface area contributed by atoms with E-state index in [1.807, 2.05) is 0 Å². The van der Waals surface area contributed by atoms with Crippen LogP contribution in [0.3, 0.4) is 0 Å². The molecule has 0 spiro atoms. The molecular formula is C9H14NO12P3. The lowest BCUT2D eigenvalue weighted by atomic mass is 10.1. The third-order valence-electron chi connectivity index (χ3n) is 2.33. The fourth-order valence-corrected chi connectivity index (χ4v) is 4.48. The van der Waals surface area contributed by atoms with Gasteiger partial charge in [-0.3, -0.25) is 9.69 Å². The van der Waals surface area contributed by atoms with Crippen molar-refractivity contribution in [2.45, 2.75) is 12.5 Å². The van der Waals surface area contributed by atoms with Gasteiger partial charge in [-0.2, -0.15) is 8.62 Å². The third-order valence-corrected chi connectivity index (χ3v) is 6.10. The maximum atomic E-state index is 11.6. The van der Waals surface area contributed by atoms with Gasteiger partial charge in [0.25, 0.3) is 0 Å². The molecule has 1 rings (SSSR count). The number of hydrogen-bond donors (Lipinski definition) is 6. The fourth-order valence-electron chi connectivity index (χ4n) is 1.46. The molecule has 1 aromatic rings. The molecule has 142 valence electrons. The summed E-state index contributed by atoms with van der Waals surface area (Å²) < 4.78 is 44.8. The van der Waals surface area contributed by atoms with Crippen molar-refractivity contribution in [2.24, 2.45) is 5.73 Å². The molecule has 13 nitrogen and oxygen atoms in total. The molecule has 0 aromatic heterocycles. The molecule has 0 heterocycles. The van der Waals surface area contributed by atoms with Crippen LogP contribution in [0.15, 0.2) is 24.3 Å². The van der Waals surface area contributed by atoms with E-state index in [4.69, 9.17) is 25.5 Å². The van der Waals surface area contributed by atoms with Gasteiger partial charge in [-0.15, -0.1) is 0 Å². The van der Waals surface area contributed by atoms with Crippen molar-refractivity contribution in [1.82, 2.24) is 0 Å². The summed E-state index contributed by atoms with van der Waals surface area (Å²) in [7, 11) is -16.3. The van der Waals surface area contributed by atoms with Gasteiger partial charge in [0.2, 0.25) is 0 Å². The first-order valence-corrected chi connectivity index (χ1v) is 10.6. The van der Waals surface area contributed by atoms with Crippen LogP contribution in [-0.2, 0) is 33.5 Å². The molecule has 7 N–H and O–H groups in total. The molecule has 3 atom stereocenters. The van der Waals surface area contributed by atoms with Crippen molar-refractivity contribution in [3.63, 3.8) is 0 Å². The number of carbonyl (C=O) groups is 1. The highest BCUT2D eigenvalue weighted by Gasteiger charge is 2.41. The van der Waals surface area contributed by atoms with E-state index in [1.165, 1.54) is 12.1 Å². The minimum atomic E-state index is -5.60. The van der Waals surface area contributed by atoms with Crippen LogP contribution < -0.4 is 10.3 Å². The highest BCUT2D eigenvalue weighted by Crippen LogP contribution is 2.66. The lowest BCUT2D eigenvalue weighted by Crippen LogP contribution is -2.32. The lowest BCUT2D eigenvalue weighted by molar-refractivity contribution is -0.138. The number of nitrogens with two attached hydrogens (primary N) is 1. The molecule has 0 saturated carbocycles. The van der Waals surface area contributed by atoms with E-state index >= 15 is 0 Å². The quantitative estimate of drug-likeness (QED) is 0.296. The van der Waals surface area contributed by atoms with Crippen LogP contribution in [0.2, 0.25) is 0 Å². The molecule has 0 aliphatic rings. The van der Waals surface area contributed by atoms with E-state index in [2.05, 4.69) is 13.1 Å².